The lowest BCUT2D eigenvalue weighted by molar-refractivity contribution is -0.115. The maximum Gasteiger partial charge on any atom is 0.225 e. The van der Waals surface area contributed by atoms with Gasteiger partial charge in [0.1, 0.15) is 5.82 Å². The average molecular weight is 324 g/mol. The van der Waals surface area contributed by atoms with E-state index in [0.29, 0.717) is 27.8 Å². The second-order valence-electron chi connectivity index (χ2n) is 4.56. The minimum Gasteiger partial charge on any atom is -0.325 e. The van der Waals surface area contributed by atoms with E-state index in [1.54, 1.807) is 30.3 Å². The molecule has 0 fully saturated rings. The van der Waals surface area contributed by atoms with Crippen LogP contribution in [-0.4, -0.2) is 11.7 Å². The molecule has 0 unspecified atom stereocenters. The van der Waals surface area contributed by atoms with Crippen molar-refractivity contribution >= 4 is 35.0 Å². The molecule has 1 amide bonds. The zero-order valence-electron chi connectivity index (χ0n) is 11.5. The molecule has 2 aromatic rings. The van der Waals surface area contributed by atoms with Crippen LogP contribution in [0.15, 0.2) is 47.4 Å². The summed E-state index contributed by atoms with van der Waals surface area (Å²) in [6, 6.07) is 12.0. The van der Waals surface area contributed by atoms with Crippen LogP contribution in [0.4, 0.5) is 10.1 Å². The fourth-order valence-corrected chi connectivity index (χ4v) is 2.92. The van der Waals surface area contributed by atoms with Crippen LogP contribution in [0.25, 0.3) is 0 Å². The van der Waals surface area contributed by atoms with E-state index in [1.807, 2.05) is 13.0 Å². The summed E-state index contributed by atoms with van der Waals surface area (Å²) in [6.45, 7) is 1.93. The number of halogens is 2. The number of carbonyl (C=O) groups is 1. The zero-order chi connectivity index (χ0) is 15.2. The Morgan fingerprint density at radius 2 is 2.05 bits per heavy atom. The van der Waals surface area contributed by atoms with Gasteiger partial charge in [-0.05, 0) is 36.8 Å². The maximum absolute atomic E-state index is 13.4. The van der Waals surface area contributed by atoms with Gasteiger partial charge in [-0.3, -0.25) is 4.79 Å². The first kappa shape index (κ1) is 15.9. The Morgan fingerprint density at radius 1 is 1.29 bits per heavy atom. The molecule has 110 valence electrons. The van der Waals surface area contributed by atoms with E-state index in [2.05, 4.69) is 5.32 Å². The molecule has 2 aromatic carbocycles. The lowest BCUT2D eigenvalue weighted by atomic mass is 10.2. The topological polar surface area (TPSA) is 29.1 Å². The molecule has 0 aliphatic carbocycles. The number of carbonyl (C=O) groups excluding carboxylic acids is 1. The van der Waals surface area contributed by atoms with Gasteiger partial charge in [-0.2, -0.15) is 0 Å². The van der Waals surface area contributed by atoms with E-state index in [-0.39, 0.29) is 11.7 Å². The predicted molar refractivity (Wildman–Crippen MR) is 86.6 cm³/mol. The van der Waals surface area contributed by atoms with Crippen molar-refractivity contribution in [3.8, 4) is 0 Å². The highest BCUT2D eigenvalue weighted by molar-refractivity contribution is 7.99. The quantitative estimate of drug-likeness (QED) is 0.792. The molecule has 0 aliphatic heterocycles. The SMILES string of the molecule is Cc1ccc(NC(=O)CCSc2ccccc2F)c(Cl)c1. The molecule has 2 rings (SSSR count). The van der Waals surface area contributed by atoms with Crippen molar-refractivity contribution in [2.24, 2.45) is 0 Å². The largest absolute Gasteiger partial charge is 0.325 e. The van der Waals surface area contributed by atoms with Crippen molar-refractivity contribution in [2.45, 2.75) is 18.2 Å². The third-order valence-corrected chi connectivity index (χ3v) is 4.19. The third kappa shape index (κ3) is 4.76. The number of nitrogens with one attached hydrogen (secondary N) is 1. The highest BCUT2D eigenvalue weighted by Gasteiger charge is 2.07. The molecule has 0 aliphatic rings. The van der Waals surface area contributed by atoms with E-state index >= 15 is 0 Å². The van der Waals surface area contributed by atoms with E-state index in [4.69, 9.17) is 11.6 Å². The normalized spacial score (nSPS) is 10.4. The number of thioether (sulfide) groups is 1. The molecule has 0 atom stereocenters. The molecule has 21 heavy (non-hydrogen) atoms. The van der Waals surface area contributed by atoms with Crippen LogP contribution in [0.5, 0.6) is 0 Å². The fraction of sp³-hybridized carbons (Fsp3) is 0.188. The third-order valence-electron chi connectivity index (χ3n) is 2.82. The standard InChI is InChI=1S/C16H15ClFNOS/c1-11-6-7-14(12(17)10-11)19-16(20)8-9-21-15-5-3-2-4-13(15)18/h2-7,10H,8-9H2,1H3,(H,19,20). The Morgan fingerprint density at radius 3 is 2.76 bits per heavy atom. The average Bonchev–Trinajstić information content (AvgIpc) is 2.44. The number of anilines is 1. The minimum atomic E-state index is -0.260. The first-order chi connectivity index (χ1) is 10.1. The zero-order valence-corrected chi connectivity index (χ0v) is 13.1. The summed E-state index contributed by atoms with van der Waals surface area (Å²) < 4.78 is 13.4. The predicted octanol–water partition coefficient (Wildman–Crippen LogP) is 4.91. The Bertz CT molecular complexity index is 648. The molecule has 5 heteroatoms. The van der Waals surface area contributed by atoms with E-state index in [9.17, 15) is 9.18 Å². The molecule has 0 saturated carbocycles. The monoisotopic (exact) mass is 323 g/mol. The molecule has 0 spiro atoms. The van der Waals surface area contributed by atoms with Gasteiger partial charge in [0.15, 0.2) is 0 Å². The van der Waals surface area contributed by atoms with Crippen LogP contribution in [0.2, 0.25) is 5.02 Å². The van der Waals surface area contributed by atoms with Crippen molar-refractivity contribution < 1.29 is 9.18 Å². The van der Waals surface area contributed by atoms with Gasteiger partial charge in [0.25, 0.3) is 0 Å². The molecule has 0 saturated heterocycles. The van der Waals surface area contributed by atoms with Crippen molar-refractivity contribution in [1.29, 1.82) is 0 Å². The molecule has 2 nitrogen and oxygen atoms in total. The Labute approximate surface area is 132 Å². The Hall–Kier alpha value is -1.52. The Kier molecular flexibility index (Phi) is 5.65. The highest BCUT2D eigenvalue weighted by Crippen LogP contribution is 2.24. The van der Waals surface area contributed by atoms with E-state index in [1.165, 1.54) is 17.8 Å². The van der Waals surface area contributed by atoms with Crippen molar-refractivity contribution in [1.82, 2.24) is 0 Å². The van der Waals surface area contributed by atoms with Crippen LogP contribution >= 0.6 is 23.4 Å². The van der Waals surface area contributed by atoms with Crippen molar-refractivity contribution in [3.05, 3.63) is 58.9 Å². The summed E-state index contributed by atoms with van der Waals surface area (Å²) >= 11 is 7.38. The molecule has 0 aromatic heterocycles. The first-order valence-electron chi connectivity index (χ1n) is 6.49. The number of rotatable bonds is 5. The van der Waals surface area contributed by atoms with Crippen LogP contribution in [-0.2, 0) is 4.79 Å². The fourth-order valence-electron chi connectivity index (χ4n) is 1.75. The Balaban J connectivity index is 1.84. The van der Waals surface area contributed by atoms with Crippen LogP contribution < -0.4 is 5.32 Å². The van der Waals surface area contributed by atoms with Crippen LogP contribution in [0, 0.1) is 12.7 Å². The first-order valence-corrected chi connectivity index (χ1v) is 7.86. The lowest BCUT2D eigenvalue weighted by Gasteiger charge is -2.08. The highest BCUT2D eigenvalue weighted by atomic mass is 35.5. The van der Waals surface area contributed by atoms with Gasteiger partial charge in [-0.25, -0.2) is 4.39 Å². The summed E-state index contributed by atoms with van der Waals surface area (Å²) in [5.74, 6) is 0.116. The molecule has 0 bridgehead atoms. The van der Waals surface area contributed by atoms with E-state index < -0.39 is 0 Å². The van der Waals surface area contributed by atoms with Gasteiger partial charge in [0.2, 0.25) is 5.91 Å². The summed E-state index contributed by atoms with van der Waals surface area (Å²) in [6.07, 6.45) is 0.295. The molecular formula is C16H15ClFNOS. The second kappa shape index (κ2) is 7.48. The number of aryl methyl sites for hydroxylation is 1. The molecular weight excluding hydrogens is 309 g/mol. The van der Waals surface area contributed by atoms with E-state index in [0.717, 1.165) is 5.56 Å². The van der Waals surface area contributed by atoms with Gasteiger partial charge < -0.3 is 5.32 Å². The summed E-state index contributed by atoms with van der Waals surface area (Å²) in [4.78, 5) is 12.4. The second-order valence-corrected chi connectivity index (χ2v) is 6.10. The van der Waals surface area contributed by atoms with Gasteiger partial charge in [0, 0.05) is 17.1 Å². The van der Waals surface area contributed by atoms with Gasteiger partial charge in [-0.1, -0.05) is 29.8 Å². The van der Waals surface area contributed by atoms with Crippen LogP contribution in [0.3, 0.4) is 0 Å². The van der Waals surface area contributed by atoms with Crippen molar-refractivity contribution in [2.75, 3.05) is 11.1 Å². The molecule has 0 radical (unpaired) electrons. The smallest absolute Gasteiger partial charge is 0.225 e. The van der Waals surface area contributed by atoms with Crippen molar-refractivity contribution in [3.63, 3.8) is 0 Å². The summed E-state index contributed by atoms with van der Waals surface area (Å²) in [5, 5.41) is 3.28. The maximum atomic E-state index is 13.4. The summed E-state index contributed by atoms with van der Waals surface area (Å²) in [7, 11) is 0. The minimum absolute atomic E-state index is 0.135. The lowest BCUT2D eigenvalue weighted by Crippen LogP contribution is -2.12. The van der Waals surface area contributed by atoms with Crippen LogP contribution in [0.1, 0.15) is 12.0 Å². The van der Waals surface area contributed by atoms with Gasteiger partial charge in [-0.15, -0.1) is 11.8 Å². The number of hydrogen-bond acceptors (Lipinski definition) is 2. The molecule has 1 N–H and O–H groups in total. The van der Waals surface area contributed by atoms with Gasteiger partial charge >= 0.3 is 0 Å². The summed E-state index contributed by atoms with van der Waals surface area (Å²) in [5.41, 5.74) is 1.64. The number of amides is 1. The number of hydrogen-bond donors (Lipinski definition) is 1. The number of benzene rings is 2. The van der Waals surface area contributed by atoms with Gasteiger partial charge in [0.05, 0.1) is 10.7 Å². The molecule has 0 heterocycles.